The number of carbonyl (C=O) groups is 1. The highest BCUT2D eigenvalue weighted by atomic mass is 32.1. The predicted octanol–water partition coefficient (Wildman–Crippen LogP) is 3.05. The molecule has 4 aromatic heterocycles. The minimum absolute atomic E-state index is 0.0350. The number of β-amino-alcohol motifs (C(OH)–C–C–N with tert-alkyl or cyclic N) is 1. The standard InChI is InChI=1S/C23H25N7O3S/c1-12-16-7-24-22(25-17-10-29-11-18(34-23(29)26-17)28-8-15(32)9-28)27-20(16)30(14-5-3-4-6-14)21(33)19(12)13(2)31/h7,10-11,14-15,32H,3-6,8-9H2,1-2H3,(H,24,25,27). The molecule has 1 aliphatic carbocycles. The lowest BCUT2D eigenvalue weighted by Gasteiger charge is -2.36. The number of imidazole rings is 1. The van der Waals surface area contributed by atoms with E-state index in [1.54, 1.807) is 29.0 Å². The number of hydrogen-bond acceptors (Lipinski definition) is 9. The molecule has 1 saturated carbocycles. The lowest BCUT2D eigenvalue weighted by atomic mass is 10.0. The molecule has 34 heavy (non-hydrogen) atoms. The van der Waals surface area contributed by atoms with Gasteiger partial charge in [-0.15, -0.1) is 0 Å². The number of hydrogen-bond donors (Lipinski definition) is 2. The summed E-state index contributed by atoms with van der Waals surface area (Å²) in [6, 6.07) is 0.0350. The van der Waals surface area contributed by atoms with Crippen molar-refractivity contribution < 1.29 is 9.90 Å². The topological polar surface area (TPSA) is 118 Å². The zero-order chi connectivity index (χ0) is 23.6. The van der Waals surface area contributed by atoms with Crippen molar-refractivity contribution in [2.24, 2.45) is 0 Å². The van der Waals surface area contributed by atoms with Gasteiger partial charge in [0.25, 0.3) is 5.56 Å². The summed E-state index contributed by atoms with van der Waals surface area (Å²) in [5, 5.41) is 14.5. The molecule has 2 fully saturated rings. The van der Waals surface area contributed by atoms with Crippen LogP contribution in [-0.2, 0) is 0 Å². The molecular weight excluding hydrogens is 454 g/mol. The summed E-state index contributed by atoms with van der Waals surface area (Å²) in [5.41, 5.74) is 1.14. The van der Waals surface area contributed by atoms with E-state index in [4.69, 9.17) is 4.98 Å². The highest BCUT2D eigenvalue weighted by Gasteiger charge is 2.27. The number of fused-ring (bicyclic) bond motifs is 2. The Morgan fingerprint density at radius 1 is 1.21 bits per heavy atom. The zero-order valence-corrected chi connectivity index (χ0v) is 19.8. The van der Waals surface area contributed by atoms with Crippen LogP contribution in [0.4, 0.5) is 16.8 Å². The quantitative estimate of drug-likeness (QED) is 0.420. The van der Waals surface area contributed by atoms with E-state index in [9.17, 15) is 14.7 Å². The number of pyridine rings is 1. The summed E-state index contributed by atoms with van der Waals surface area (Å²) in [6.07, 6.45) is 9.20. The van der Waals surface area contributed by atoms with E-state index >= 15 is 0 Å². The summed E-state index contributed by atoms with van der Waals surface area (Å²) in [4.78, 5) is 42.4. The number of aromatic nitrogens is 5. The number of Topliss-reactive ketones (excluding diaryl/α,β-unsaturated/α-hetero) is 1. The molecule has 0 atom stereocenters. The van der Waals surface area contributed by atoms with Crippen LogP contribution in [0.3, 0.4) is 0 Å². The van der Waals surface area contributed by atoms with Crippen molar-refractivity contribution in [3.8, 4) is 0 Å². The molecule has 0 radical (unpaired) electrons. The molecule has 11 heteroatoms. The van der Waals surface area contributed by atoms with Gasteiger partial charge in [0.2, 0.25) is 5.95 Å². The van der Waals surface area contributed by atoms with E-state index in [0.29, 0.717) is 36.1 Å². The molecule has 1 aliphatic heterocycles. The van der Waals surface area contributed by atoms with Crippen LogP contribution in [0.5, 0.6) is 0 Å². The second-order valence-electron chi connectivity index (χ2n) is 9.17. The molecule has 2 aliphatic rings. The van der Waals surface area contributed by atoms with Crippen molar-refractivity contribution in [1.29, 1.82) is 0 Å². The van der Waals surface area contributed by atoms with Crippen LogP contribution in [-0.4, -0.2) is 54.0 Å². The van der Waals surface area contributed by atoms with Crippen LogP contribution in [0.2, 0.25) is 0 Å². The molecule has 1 saturated heterocycles. The third kappa shape index (κ3) is 3.38. The highest BCUT2D eigenvalue weighted by Crippen LogP contribution is 2.33. The average Bonchev–Trinajstić information content (AvgIpc) is 3.48. The average molecular weight is 480 g/mol. The van der Waals surface area contributed by atoms with Gasteiger partial charge in [-0.05, 0) is 32.3 Å². The van der Waals surface area contributed by atoms with Gasteiger partial charge in [0.05, 0.1) is 17.9 Å². The van der Waals surface area contributed by atoms with E-state index in [2.05, 4.69) is 20.2 Å². The summed E-state index contributed by atoms with van der Waals surface area (Å²) in [5.74, 6) is 0.724. The number of carbonyl (C=O) groups excluding carboxylic acids is 1. The normalized spacial score (nSPS) is 17.1. The molecule has 5 heterocycles. The molecule has 176 valence electrons. The first-order chi connectivity index (χ1) is 16.4. The minimum Gasteiger partial charge on any atom is -0.389 e. The SMILES string of the molecule is CC(=O)c1c(C)c2cnc(Nc3cn4cc(N5CC(O)C5)sc4n3)nc2n(C2CCCC2)c1=O. The number of aliphatic hydroxyl groups excluding tert-OH is 1. The van der Waals surface area contributed by atoms with Gasteiger partial charge in [0.15, 0.2) is 16.6 Å². The highest BCUT2D eigenvalue weighted by molar-refractivity contribution is 7.20. The van der Waals surface area contributed by atoms with Crippen LogP contribution in [0.1, 0.15) is 54.6 Å². The van der Waals surface area contributed by atoms with Gasteiger partial charge in [-0.25, -0.2) is 9.97 Å². The number of aliphatic hydroxyl groups is 1. The molecule has 10 nitrogen and oxygen atoms in total. The van der Waals surface area contributed by atoms with Crippen LogP contribution in [0.15, 0.2) is 23.4 Å². The molecule has 4 aromatic rings. The van der Waals surface area contributed by atoms with E-state index in [-0.39, 0.29) is 29.1 Å². The van der Waals surface area contributed by atoms with Crippen molar-refractivity contribution in [3.63, 3.8) is 0 Å². The molecular formula is C23H25N7O3S. The van der Waals surface area contributed by atoms with Gasteiger partial charge in [0, 0.05) is 36.9 Å². The number of rotatable bonds is 5. The summed E-state index contributed by atoms with van der Waals surface area (Å²) < 4.78 is 3.64. The molecule has 0 amide bonds. The zero-order valence-electron chi connectivity index (χ0n) is 19.0. The number of thiazole rings is 1. The van der Waals surface area contributed by atoms with Crippen molar-refractivity contribution in [2.45, 2.75) is 51.7 Å². The van der Waals surface area contributed by atoms with E-state index in [0.717, 1.165) is 41.0 Å². The maximum Gasteiger partial charge on any atom is 0.263 e. The molecule has 0 bridgehead atoms. The van der Waals surface area contributed by atoms with Crippen molar-refractivity contribution in [1.82, 2.24) is 23.9 Å². The van der Waals surface area contributed by atoms with Crippen LogP contribution in [0, 0.1) is 6.92 Å². The monoisotopic (exact) mass is 479 g/mol. The van der Waals surface area contributed by atoms with Crippen molar-refractivity contribution in [3.05, 3.63) is 40.1 Å². The van der Waals surface area contributed by atoms with Crippen LogP contribution < -0.4 is 15.8 Å². The molecule has 0 aromatic carbocycles. The van der Waals surface area contributed by atoms with Gasteiger partial charge < -0.3 is 15.3 Å². The third-order valence-electron chi connectivity index (χ3n) is 6.81. The second kappa shape index (κ2) is 7.88. The van der Waals surface area contributed by atoms with Crippen molar-refractivity contribution >= 4 is 49.9 Å². The molecule has 0 spiro atoms. The Balaban J connectivity index is 1.38. The van der Waals surface area contributed by atoms with Crippen LogP contribution in [0.25, 0.3) is 16.0 Å². The van der Waals surface area contributed by atoms with Gasteiger partial charge >= 0.3 is 0 Å². The van der Waals surface area contributed by atoms with Crippen LogP contribution >= 0.6 is 11.3 Å². The fraction of sp³-hybridized carbons (Fsp3) is 0.435. The Kier molecular flexibility index (Phi) is 4.92. The first kappa shape index (κ1) is 21.2. The summed E-state index contributed by atoms with van der Waals surface area (Å²) in [6.45, 7) is 4.51. The smallest absolute Gasteiger partial charge is 0.263 e. The molecule has 6 rings (SSSR count). The largest absolute Gasteiger partial charge is 0.389 e. The molecule has 0 unspecified atom stereocenters. The Labute approximate surface area is 198 Å². The number of anilines is 3. The summed E-state index contributed by atoms with van der Waals surface area (Å²) in [7, 11) is 0. The summed E-state index contributed by atoms with van der Waals surface area (Å²) >= 11 is 1.55. The first-order valence-corrected chi connectivity index (χ1v) is 12.3. The molecule has 2 N–H and O–H groups in total. The Bertz CT molecular complexity index is 1460. The third-order valence-corrected chi connectivity index (χ3v) is 7.87. The minimum atomic E-state index is -0.264. The number of ketones is 1. The van der Waals surface area contributed by atoms with Crippen molar-refractivity contribution in [2.75, 3.05) is 23.3 Å². The van der Waals surface area contributed by atoms with Gasteiger partial charge in [-0.2, -0.15) is 4.98 Å². The van der Waals surface area contributed by atoms with E-state index in [1.807, 2.05) is 16.8 Å². The fourth-order valence-electron chi connectivity index (χ4n) is 5.05. The fourth-order valence-corrected chi connectivity index (χ4v) is 6.03. The van der Waals surface area contributed by atoms with Gasteiger partial charge in [-0.3, -0.25) is 18.6 Å². The number of aryl methyl sites for hydroxylation is 1. The Morgan fingerprint density at radius 3 is 2.65 bits per heavy atom. The maximum absolute atomic E-state index is 13.3. The number of nitrogens with zero attached hydrogens (tertiary/aromatic N) is 6. The van der Waals surface area contributed by atoms with Gasteiger partial charge in [-0.1, -0.05) is 24.2 Å². The second-order valence-corrected chi connectivity index (χ2v) is 10.2. The predicted molar refractivity (Wildman–Crippen MR) is 131 cm³/mol. The first-order valence-electron chi connectivity index (χ1n) is 11.5. The van der Waals surface area contributed by atoms with E-state index in [1.165, 1.54) is 6.92 Å². The number of nitrogens with one attached hydrogen (secondary N) is 1. The Morgan fingerprint density at radius 2 is 1.97 bits per heavy atom. The van der Waals surface area contributed by atoms with E-state index < -0.39 is 0 Å². The Hall–Kier alpha value is -3.31. The lowest BCUT2D eigenvalue weighted by Crippen LogP contribution is -2.50. The maximum atomic E-state index is 13.3. The van der Waals surface area contributed by atoms with Gasteiger partial charge in [0.1, 0.15) is 10.6 Å². The lowest BCUT2D eigenvalue weighted by molar-refractivity contribution is 0.101.